The van der Waals surface area contributed by atoms with Gasteiger partial charge in [-0.15, -0.1) is 0 Å². The first kappa shape index (κ1) is 28.0. The van der Waals surface area contributed by atoms with Gasteiger partial charge in [0.05, 0.1) is 12.1 Å². The molecule has 2 aromatic carbocycles. The molecule has 0 unspecified atom stereocenters. The predicted molar refractivity (Wildman–Crippen MR) is 157 cm³/mol. The number of aromatic nitrogens is 1. The third-order valence-electron chi connectivity index (χ3n) is 7.42. The summed E-state index contributed by atoms with van der Waals surface area (Å²) in [6.45, 7) is 6.06. The van der Waals surface area contributed by atoms with Crippen molar-refractivity contribution < 1.29 is 15.0 Å². The first-order chi connectivity index (χ1) is 18.9. The fourth-order valence-electron chi connectivity index (χ4n) is 5.05. The summed E-state index contributed by atoms with van der Waals surface area (Å²) in [6.07, 6.45) is 11.4. The van der Waals surface area contributed by atoms with Crippen molar-refractivity contribution in [3.63, 3.8) is 0 Å². The van der Waals surface area contributed by atoms with Gasteiger partial charge in [0.2, 0.25) is 5.91 Å². The van der Waals surface area contributed by atoms with Crippen LogP contribution in [-0.2, 0) is 17.8 Å². The number of benzene rings is 2. The molecular weight excluding hydrogens is 484 g/mol. The van der Waals surface area contributed by atoms with Crippen LogP contribution in [0.2, 0.25) is 0 Å². The number of hydrogen-bond acceptors (Lipinski definition) is 4. The summed E-state index contributed by atoms with van der Waals surface area (Å²) < 4.78 is 0. The number of unbranched alkanes of at least 4 members (excludes halogenated alkanes) is 1. The maximum Gasteiger partial charge on any atom is 0.227 e. The van der Waals surface area contributed by atoms with Crippen LogP contribution in [0.4, 0.5) is 5.69 Å². The molecule has 0 saturated heterocycles. The van der Waals surface area contributed by atoms with Gasteiger partial charge in [0.25, 0.3) is 0 Å². The van der Waals surface area contributed by atoms with E-state index in [4.69, 9.17) is 0 Å². The Morgan fingerprint density at radius 1 is 1.05 bits per heavy atom. The molecule has 0 atom stereocenters. The summed E-state index contributed by atoms with van der Waals surface area (Å²) in [5.74, 6) is 6.60. The number of amides is 1. The van der Waals surface area contributed by atoms with Gasteiger partial charge in [0.1, 0.15) is 17.2 Å². The molecule has 1 aliphatic carbocycles. The van der Waals surface area contributed by atoms with Gasteiger partial charge in [-0.3, -0.25) is 4.79 Å². The van der Waals surface area contributed by atoms with Crippen LogP contribution >= 0.6 is 0 Å². The van der Waals surface area contributed by atoms with E-state index in [1.165, 1.54) is 50.2 Å². The van der Waals surface area contributed by atoms with Crippen LogP contribution < -0.4 is 4.90 Å². The van der Waals surface area contributed by atoms with Crippen LogP contribution in [0.15, 0.2) is 67.4 Å². The molecule has 0 spiro atoms. The second-order valence-electron chi connectivity index (χ2n) is 10.4. The summed E-state index contributed by atoms with van der Waals surface area (Å²) in [7, 11) is 0. The molecule has 1 saturated carbocycles. The number of anilines is 1. The Morgan fingerprint density at radius 3 is 2.46 bits per heavy atom. The van der Waals surface area contributed by atoms with Crippen molar-refractivity contribution in [2.24, 2.45) is 5.92 Å². The minimum atomic E-state index is -0.243. The highest BCUT2D eigenvalue weighted by molar-refractivity contribution is 5.94. The van der Waals surface area contributed by atoms with E-state index >= 15 is 0 Å². The van der Waals surface area contributed by atoms with E-state index in [1.807, 2.05) is 24.3 Å². The zero-order chi connectivity index (χ0) is 27.6. The third kappa shape index (κ3) is 7.97. The minimum absolute atomic E-state index is 0.00773. The number of aliphatic hydroxyl groups excluding tert-OH is 1. The molecule has 3 aromatic rings. The van der Waals surface area contributed by atoms with Gasteiger partial charge >= 0.3 is 0 Å². The normalized spacial score (nSPS) is 13.1. The molecule has 0 radical (unpaired) electrons. The van der Waals surface area contributed by atoms with Crippen molar-refractivity contribution in [2.75, 3.05) is 4.90 Å². The number of aromatic hydroxyl groups is 1. The highest BCUT2D eigenvalue weighted by atomic mass is 16.3. The van der Waals surface area contributed by atoms with E-state index in [0.717, 1.165) is 24.0 Å². The minimum Gasteiger partial charge on any atom is -0.508 e. The van der Waals surface area contributed by atoms with Gasteiger partial charge in [0, 0.05) is 23.9 Å². The van der Waals surface area contributed by atoms with Crippen LogP contribution in [0.5, 0.6) is 5.75 Å². The van der Waals surface area contributed by atoms with E-state index in [9.17, 15) is 15.0 Å². The lowest BCUT2D eigenvalue weighted by Crippen LogP contribution is -2.30. The molecule has 1 aromatic heterocycles. The molecule has 5 heteroatoms. The van der Waals surface area contributed by atoms with Crippen molar-refractivity contribution >= 4 is 17.4 Å². The number of phenolic OH excluding ortho intramolecular Hbond substituents is 1. The lowest BCUT2D eigenvalue weighted by atomic mass is 10.0. The molecular formula is C34H38N2O3. The number of aliphatic hydroxyl groups is 1. The highest BCUT2D eigenvalue weighted by Gasteiger charge is 2.22. The first-order valence-electron chi connectivity index (χ1n) is 14.0. The van der Waals surface area contributed by atoms with Gasteiger partial charge < -0.3 is 15.1 Å². The number of hydrogen-bond donors (Lipinski definition) is 2. The third-order valence-corrected chi connectivity index (χ3v) is 7.42. The molecule has 202 valence electrons. The number of phenols is 1. The highest BCUT2D eigenvalue weighted by Crippen LogP contribution is 2.31. The first-order valence-corrected chi connectivity index (χ1v) is 14.0. The van der Waals surface area contributed by atoms with Crippen molar-refractivity contribution in [2.45, 2.75) is 71.3 Å². The molecule has 1 heterocycles. The second kappa shape index (κ2) is 13.7. The van der Waals surface area contributed by atoms with E-state index in [2.05, 4.69) is 42.5 Å². The summed E-state index contributed by atoms with van der Waals surface area (Å²) in [5, 5.41) is 20.0. The Hall–Kier alpha value is -4.04. The van der Waals surface area contributed by atoms with Crippen LogP contribution in [0.25, 0.3) is 5.76 Å². The Kier molecular flexibility index (Phi) is 9.80. The van der Waals surface area contributed by atoms with Gasteiger partial charge in [-0.1, -0.05) is 69.7 Å². The zero-order valence-electron chi connectivity index (χ0n) is 22.8. The van der Waals surface area contributed by atoms with Crippen molar-refractivity contribution in [3.05, 3.63) is 95.3 Å². The molecule has 4 rings (SSSR count). The van der Waals surface area contributed by atoms with Crippen molar-refractivity contribution in [1.82, 2.24) is 4.98 Å². The molecule has 5 nitrogen and oxygen atoms in total. The second-order valence-corrected chi connectivity index (χ2v) is 10.4. The number of carbonyl (C=O) groups excluding carboxylic acids is 1. The number of carbonyl (C=O) groups is 1. The largest absolute Gasteiger partial charge is 0.508 e. The molecule has 2 N–H and O–H groups in total. The van der Waals surface area contributed by atoms with E-state index in [0.29, 0.717) is 30.3 Å². The quantitative estimate of drug-likeness (QED) is 0.213. The van der Waals surface area contributed by atoms with Crippen molar-refractivity contribution in [3.8, 4) is 17.6 Å². The fraction of sp³-hybridized carbons (Fsp3) is 0.353. The maximum absolute atomic E-state index is 13.4. The van der Waals surface area contributed by atoms with Gasteiger partial charge in [-0.05, 0) is 78.6 Å². The average Bonchev–Trinajstić information content (AvgIpc) is 3.48. The van der Waals surface area contributed by atoms with Crippen LogP contribution in [0.1, 0.15) is 86.2 Å². The predicted octanol–water partition coefficient (Wildman–Crippen LogP) is 7.56. The summed E-state index contributed by atoms with van der Waals surface area (Å²) in [6, 6.07) is 17.0. The Morgan fingerprint density at radius 2 is 1.79 bits per heavy atom. The smallest absolute Gasteiger partial charge is 0.227 e. The van der Waals surface area contributed by atoms with Crippen LogP contribution in [0, 0.1) is 17.8 Å². The number of aryl methyl sites for hydroxylation is 1. The summed E-state index contributed by atoms with van der Waals surface area (Å²) in [5.41, 5.74) is 4.62. The maximum atomic E-state index is 13.4. The van der Waals surface area contributed by atoms with E-state index in [-0.39, 0.29) is 23.0 Å². The molecule has 39 heavy (non-hydrogen) atoms. The molecule has 1 aliphatic rings. The van der Waals surface area contributed by atoms with Gasteiger partial charge in [-0.25, -0.2) is 4.98 Å². The Balaban J connectivity index is 1.48. The number of pyridine rings is 1. The number of rotatable bonds is 10. The lowest BCUT2D eigenvalue weighted by Gasteiger charge is -2.24. The molecule has 1 amide bonds. The zero-order valence-corrected chi connectivity index (χ0v) is 22.8. The number of nitrogens with zero attached hydrogens (tertiary/aromatic N) is 2. The Bertz CT molecular complexity index is 1330. The van der Waals surface area contributed by atoms with Crippen LogP contribution in [0.3, 0.4) is 0 Å². The SMILES string of the molecule is C=C(O)c1cc(N(Cc2ccc(C#Cc3ccc(CCCC)cc3)nc2)C(=O)CCC2CCCC2)ccc1O. The molecule has 1 fully saturated rings. The average molecular weight is 523 g/mol. The fourth-order valence-corrected chi connectivity index (χ4v) is 5.05. The molecule has 0 bridgehead atoms. The molecule has 0 aliphatic heterocycles. The lowest BCUT2D eigenvalue weighted by molar-refractivity contribution is -0.119. The summed E-state index contributed by atoms with van der Waals surface area (Å²) in [4.78, 5) is 19.6. The van der Waals surface area contributed by atoms with Gasteiger partial charge in [-0.2, -0.15) is 0 Å². The summed E-state index contributed by atoms with van der Waals surface area (Å²) >= 11 is 0. The van der Waals surface area contributed by atoms with Crippen LogP contribution in [-0.4, -0.2) is 21.1 Å². The van der Waals surface area contributed by atoms with E-state index in [1.54, 1.807) is 23.2 Å². The topological polar surface area (TPSA) is 73.7 Å². The van der Waals surface area contributed by atoms with Gasteiger partial charge in [0.15, 0.2) is 0 Å². The standard InChI is InChI=1S/C34H38N2O3/c1-3-4-7-27-10-12-28(13-11-27)14-17-30-18-15-29(23-35-30)24-36(34(39)21-16-26-8-5-6-9-26)31-19-20-33(38)32(22-31)25(2)37/h10-13,15,18-20,22-23,26,37-38H,2-9,16,21,24H2,1H3. The van der Waals surface area contributed by atoms with E-state index < -0.39 is 0 Å². The Labute approximate surface area is 232 Å². The van der Waals surface area contributed by atoms with Crippen molar-refractivity contribution in [1.29, 1.82) is 0 Å². The monoisotopic (exact) mass is 522 g/mol.